The highest BCUT2D eigenvalue weighted by molar-refractivity contribution is 7.09. The van der Waals surface area contributed by atoms with Gasteiger partial charge in [-0.25, -0.2) is 0 Å². The quantitative estimate of drug-likeness (QED) is 0.806. The van der Waals surface area contributed by atoms with Crippen LogP contribution in [0, 0.1) is 0 Å². The van der Waals surface area contributed by atoms with Crippen molar-refractivity contribution in [2.75, 3.05) is 6.54 Å². The molecule has 4 nitrogen and oxygen atoms in total. The number of pyridine rings is 1. The third-order valence-corrected chi connectivity index (χ3v) is 5.13. The number of nitrogens with zero attached hydrogens (tertiary/aromatic N) is 2. The third-order valence-electron chi connectivity index (χ3n) is 4.27. The zero-order chi connectivity index (χ0) is 15.6. The van der Waals surface area contributed by atoms with E-state index in [0.29, 0.717) is 0 Å². The van der Waals surface area contributed by atoms with Crippen molar-refractivity contribution < 1.29 is 0 Å². The van der Waals surface area contributed by atoms with Gasteiger partial charge in [0.05, 0.1) is 5.69 Å². The number of fused-ring (bicyclic) bond motifs is 1. The third kappa shape index (κ3) is 2.98. The standard InChI is InChI=1S/C18H17N3OS/c22-18-20-17(14-5-8-19-9-6-14)16(23-18)12-21-10-7-13-3-1-2-4-15(13)11-21/h1-6,8-9H,7,10-12H2,(H,20,22). The topological polar surface area (TPSA) is 49.0 Å². The van der Waals surface area contributed by atoms with Crippen LogP contribution in [0.15, 0.2) is 53.6 Å². The van der Waals surface area contributed by atoms with Crippen LogP contribution in [0.25, 0.3) is 11.3 Å². The molecule has 2 aromatic heterocycles. The molecule has 0 aliphatic carbocycles. The predicted octanol–water partition coefficient (Wildman–Crippen LogP) is 3.06. The molecule has 3 aromatic rings. The number of thiazole rings is 1. The summed E-state index contributed by atoms with van der Waals surface area (Å²) in [6.45, 7) is 2.77. The molecule has 0 radical (unpaired) electrons. The SMILES string of the molecule is O=c1[nH]c(-c2ccncc2)c(CN2CCc3ccccc3C2)s1. The van der Waals surface area contributed by atoms with Gasteiger partial charge in [-0.05, 0) is 29.7 Å². The molecule has 1 aromatic carbocycles. The first-order valence-corrected chi connectivity index (χ1v) is 8.53. The zero-order valence-electron chi connectivity index (χ0n) is 12.7. The average molecular weight is 323 g/mol. The van der Waals surface area contributed by atoms with Gasteiger partial charge in [-0.3, -0.25) is 14.7 Å². The van der Waals surface area contributed by atoms with E-state index < -0.39 is 0 Å². The van der Waals surface area contributed by atoms with Gasteiger partial charge in [0.1, 0.15) is 0 Å². The number of aromatic nitrogens is 2. The number of rotatable bonds is 3. The van der Waals surface area contributed by atoms with Crippen LogP contribution in [-0.4, -0.2) is 21.4 Å². The molecular formula is C18H17N3OS. The van der Waals surface area contributed by atoms with Gasteiger partial charge < -0.3 is 4.98 Å². The summed E-state index contributed by atoms with van der Waals surface area (Å²) in [6.07, 6.45) is 4.58. The van der Waals surface area contributed by atoms with E-state index in [0.717, 1.165) is 42.2 Å². The molecule has 1 N–H and O–H groups in total. The summed E-state index contributed by atoms with van der Waals surface area (Å²) in [5, 5.41) is 0. The Morgan fingerprint density at radius 2 is 1.91 bits per heavy atom. The molecule has 0 atom stereocenters. The lowest BCUT2D eigenvalue weighted by molar-refractivity contribution is 0.248. The molecule has 0 saturated carbocycles. The van der Waals surface area contributed by atoms with Crippen molar-refractivity contribution in [2.45, 2.75) is 19.5 Å². The number of nitrogens with one attached hydrogen (secondary N) is 1. The first kappa shape index (κ1) is 14.4. The fourth-order valence-corrected chi connectivity index (χ4v) is 4.01. The van der Waals surface area contributed by atoms with Gasteiger partial charge in [0.15, 0.2) is 0 Å². The van der Waals surface area contributed by atoms with E-state index in [1.165, 1.54) is 22.5 Å². The Morgan fingerprint density at radius 3 is 2.74 bits per heavy atom. The van der Waals surface area contributed by atoms with Gasteiger partial charge in [0.25, 0.3) is 0 Å². The summed E-state index contributed by atoms with van der Waals surface area (Å²) >= 11 is 1.31. The Bertz CT molecular complexity index is 869. The maximum absolute atomic E-state index is 11.9. The minimum Gasteiger partial charge on any atom is -0.312 e. The Morgan fingerprint density at radius 1 is 1.13 bits per heavy atom. The van der Waals surface area contributed by atoms with Gasteiger partial charge in [0.2, 0.25) is 0 Å². The summed E-state index contributed by atoms with van der Waals surface area (Å²) in [7, 11) is 0. The second-order valence-corrected chi connectivity index (χ2v) is 6.85. The van der Waals surface area contributed by atoms with Crippen molar-refractivity contribution in [1.29, 1.82) is 0 Å². The number of aromatic amines is 1. The highest BCUT2D eigenvalue weighted by Crippen LogP contribution is 2.26. The Balaban J connectivity index is 1.60. The Kier molecular flexibility index (Phi) is 3.81. The molecule has 1 aliphatic heterocycles. The van der Waals surface area contributed by atoms with Crippen molar-refractivity contribution in [3.63, 3.8) is 0 Å². The lowest BCUT2D eigenvalue weighted by Crippen LogP contribution is -2.29. The van der Waals surface area contributed by atoms with Gasteiger partial charge in [0, 0.05) is 42.5 Å². The summed E-state index contributed by atoms with van der Waals surface area (Å²) in [6, 6.07) is 12.5. The second-order valence-electron chi connectivity index (χ2n) is 5.78. The fraction of sp³-hybridized carbons (Fsp3) is 0.222. The van der Waals surface area contributed by atoms with Crippen LogP contribution in [0.1, 0.15) is 16.0 Å². The normalized spacial score (nSPS) is 14.6. The van der Waals surface area contributed by atoms with Crippen LogP contribution in [-0.2, 0) is 19.5 Å². The molecule has 0 fully saturated rings. The molecule has 23 heavy (non-hydrogen) atoms. The largest absolute Gasteiger partial charge is 0.312 e. The van der Waals surface area contributed by atoms with Crippen LogP contribution in [0.2, 0.25) is 0 Å². The number of benzene rings is 1. The van der Waals surface area contributed by atoms with Crippen LogP contribution in [0.3, 0.4) is 0 Å². The predicted molar refractivity (Wildman–Crippen MR) is 92.4 cm³/mol. The summed E-state index contributed by atoms with van der Waals surface area (Å²) in [5.74, 6) is 0. The number of hydrogen-bond acceptors (Lipinski definition) is 4. The van der Waals surface area contributed by atoms with E-state index in [1.807, 2.05) is 12.1 Å². The van der Waals surface area contributed by atoms with E-state index in [2.05, 4.69) is 39.1 Å². The summed E-state index contributed by atoms with van der Waals surface area (Å²) in [4.78, 5) is 22.4. The zero-order valence-corrected chi connectivity index (χ0v) is 13.5. The van der Waals surface area contributed by atoms with E-state index in [1.54, 1.807) is 12.4 Å². The van der Waals surface area contributed by atoms with Crippen LogP contribution < -0.4 is 4.87 Å². The maximum atomic E-state index is 11.9. The molecular weight excluding hydrogens is 306 g/mol. The fourth-order valence-electron chi connectivity index (χ4n) is 3.12. The highest BCUT2D eigenvalue weighted by Gasteiger charge is 2.19. The van der Waals surface area contributed by atoms with Crippen molar-refractivity contribution in [3.8, 4) is 11.3 Å². The van der Waals surface area contributed by atoms with Crippen LogP contribution in [0.4, 0.5) is 0 Å². The maximum Gasteiger partial charge on any atom is 0.305 e. The number of H-pyrrole nitrogens is 1. The number of hydrogen-bond donors (Lipinski definition) is 1. The lowest BCUT2D eigenvalue weighted by Gasteiger charge is -2.28. The molecule has 5 heteroatoms. The van der Waals surface area contributed by atoms with Crippen molar-refractivity contribution in [2.24, 2.45) is 0 Å². The highest BCUT2D eigenvalue weighted by atomic mass is 32.1. The van der Waals surface area contributed by atoms with Crippen LogP contribution in [0.5, 0.6) is 0 Å². The molecule has 0 saturated heterocycles. The minimum atomic E-state index is 0.00391. The molecule has 4 rings (SSSR count). The van der Waals surface area contributed by atoms with Gasteiger partial charge in [-0.15, -0.1) is 0 Å². The lowest BCUT2D eigenvalue weighted by atomic mass is 10.00. The van der Waals surface area contributed by atoms with Gasteiger partial charge >= 0.3 is 4.87 Å². The Labute approximate surface area is 138 Å². The molecule has 0 spiro atoms. The summed E-state index contributed by atoms with van der Waals surface area (Å²) < 4.78 is 0. The smallest absolute Gasteiger partial charge is 0.305 e. The van der Waals surface area contributed by atoms with Crippen molar-refractivity contribution in [3.05, 3.63) is 74.5 Å². The first-order valence-electron chi connectivity index (χ1n) is 7.71. The summed E-state index contributed by atoms with van der Waals surface area (Å²) in [5.41, 5.74) is 4.79. The average Bonchev–Trinajstić information content (AvgIpc) is 2.96. The first-order chi connectivity index (χ1) is 11.3. The Hall–Kier alpha value is -2.24. The van der Waals surface area contributed by atoms with E-state index in [4.69, 9.17) is 0 Å². The molecule has 0 unspecified atom stereocenters. The molecule has 0 amide bonds. The minimum absolute atomic E-state index is 0.00391. The van der Waals surface area contributed by atoms with E-state index in [-0.39, 0.29) is 4.87 Å². The molecule has 116 valence electrons. The molecule has 1 aliphatic rings. The van der Waals surface area contributed by atoms with Gasteiger partial charge in [-0.2, -0.15) is 0 Å². The van der Waals surface area contributed by atoms with E-state index >= 15 is 0 Å². The van der Waals surface area contributed by atoms with Crippen molar-refractivity contribution in [1.82, 2.24) is 14.9 Å². The second kappa shape index (κ2) is 6.10. The van der Waals surface area contributed by atoms with Crippen molar-refractivity contribution >= 4 is 11.3 Å². The monoisotopic (exact) mass is 323 g/mol. The molecule has 0 bridgehead atoms. The van der Waals surface area contributed by atoms with E-state index in [9.17, 15) is 4.79 Å². The van der Waals surface area contributed by atoms with Gasteiger partial charge in [-0.1, -0.05) is 35.6 Å². The van der Waals surface area contributed by atoms with Crippen LogP contribution >= 0.6 is 11.3 Å². The molecule has 3 heterocycles.